The average Bonchev–Trinajstić information content (AvgIpc) is 2.56. The fourth-order valence-corrected chi connectivity index (χ4v) is 2.59. The van der Waals surface area contributed by atoms with Crippen molar-refractivity contribution in [3.05, 3.63) is 35.4 Å². The molecule has 1 aliphatic rings. The van der Waals surface area contributed by atoms with Crippen LogP contribution in [-0.4, -0.2) is 23.3 Å². The lowest BCUT2D eigenvalue weighted by atomic mass is 10.1. The molecule has 0 aromatic heterocycles. The second-order valence-corrected chi connectivity index (χ2v) is 5.28. The highest BCUT2D eigenvalue weighted by molar-refractivity contribution is 5.94. The highest BCUT2D eigenvalue weighted by Gasteiger charge is 2.16. The molecular weight excluding hydrogens is 222 g/mol. The molecule has 1 aromatic carbocycles. The van der Waals surface area contributed by atoms with Crippen LogP contribution >= 0.6 is 0 Å². The van der Waals surface area contributed by atoms with Crippen molar-refractivity contribution in [3.8, 4) is 0 Å². The van der Waals surface area contributed by atoms with Gasteiger partial charge in [-0.3, -0.25) is 10.3 Å². The molecule has 98 valence electrons. The molecule has 3 heteroatoms. The van der Waals surface area contributed by atoms with E-state index in [0.29, 0.717) is 6.04 Å². The Balaban J connectivity index is 2.01. The van der Waals surface area contributed by atoms with Crippen molar-refractivity contribution in [2.75, 3.05) is 6.54 Å². The minimum atomic E-state index is 0.143. The summed E-state index contributed by atoms with van der Waals surface area (Å²) in [5, 5.41) is 7.39. The van der Waals surface area contributed by atoms with Crippen molar-refractivity contribution in [2.45, 2.75) is 45.2 Å². The molecule has 1 unspecified atom stereocenters. The maximum Gasteiger partial charge on any atom is 0.122 e. The van der Waals surface area contributed by atoms with Crippen molar-refractivity contribution in [2.24, 2.45) is 5.73 Å². The molecular formula is C15H23N3. The van der Waals surface area contributed by atoms with E-state index in [4.69, 9.17) is 11.1 Å². The second-order valence-electron chi connectivity index (χ2n) is 5.28. The standard InChI is InChI=1S/C15H23N3/c1-12-5-3-2-4-10-18(12)11-13-6-8-14(9-7-13)15(16)17/h6-9,12H,2-5,10-11H2,1H3,(H3,16,17). The molecule has 0 bridgehead atoms. The second kappa shape index (κ2) is 6.01. The molecule has 0 saturated carbocycles. The quantitative estimate of drug-likeness (QED) is 0.635. The third-order valence-electron chi connectivity index (χ3n) is 3.84. The van der Waals surface area contributed by atoms with Crippen LogP contribution in [0.15, 0.2) is 24.3 Å². The Hall–Kier alpha value is -1.35. The first-order valence-corrected chi connectivity index (χ1v) is 6.84. The van der Waals surface area contributed by atoms with Gasteiger partial charge in [-0.05, 0) is 31.9 Å². The number of amidine groups is 1. The lowest BCUT2D eigenvalue weighted by Crippen LogP contribution is -2.31. The van der Waals surface area contributed by atoms with E-state index in [9.17, 15) is 0 Å². The van der Waals surface area contributed by atoms with Gasteiger partial charge in [-0.15, -0.1) is 0 Å². The van der Waals surface area contributed by atoms with E-state index in [1.165, 1.54) is 37.8 Å². The SMILES string of the molecule is CC1CCCCCN1Cc1ccc(C(=N)N)cc1. The summed E-state index contributed by atoms with van der Waals surface area (Å²) in [7, 11) is 0. The van der Waals surface area contributed by atoms with E-state index >= 15 is 0 Å². The maximum absolute atomic E-state index is 7.39. The minimum Gasteiger partial charge on any atom is -0.384 e. The van der Waals surface area contributed by atoms with Crippen molar-refractivity contribution >= 4 is 5.84 Å². The van der Waals surface area contributed by atoms with Gasteiger partial charge >= 0.3 is 0 Å². The van der Waals surface area contributed by atoms with Gasteiger partial charge in [0.25, 0.3) is 0 Å². The molecule has 0 radical (unpaired) electrons. The van der Waals surface area contributed by atoms with Gasteiger partial charge in [0.05, 0.1) is 0 Å². The number of hydrogen-bond acceptors (Lipinski definition) is 2. The number of nitrogens with two attached hydrogens (primary N) is 1. The van der Waals surface area contributed by atoms with E-state index in [1.807, 2.05) is 12.1 Å². The van der Waals surface area contributed by atoms with Crippen LogP contribution in [0.5, 0.6) is 0 Å². The predicted octanol–water partition coefficient (Wildman–Crippen LogP) is 2.74. The van der Waals surface area contributed by atoms with Crippen LogP contribution in [0.1, 0.15) is 43.7 Å². The monoisotopic (exact) mass is 245 g/mol. The third-order valence-corrected chi connectivity index (χ3v) is 3.84. The zero-order chi connectivity index (χ0) is 13.0. The molecule has 0 aliphatic carbocycles. The summed E-state index contributed by atoms with van der Waals surface area (Å²) in [5.41, 5.74) is 7.59. The highest BCUT2D eigenvalue weighted by Crippen LogP contribution is 2.19. The molecule has 1 heterocycles. The lowest BCUT2D eigenvalue weighted by Gasteiger charge is -2.26. The summed E-state index contributed by atoms with van der Waals surface area (Å²) in [6.07, 6.45) is 5.35. The Kier molecular flexibility index (Phi) is 4.37. The van der Waals surface area contributed by atoms with Crippen LogP contribution in [-0.2, 0) is 6.54 Å². The van der Waals surface area contributed by atoms with Crippen LogP contribution in [0.4, 0.5) is 0 Å². The van der Waals surface area contributed by atoms with Gasteiger partial charge in [0.1, 0.15) is 5.84 Å². The highest BCUT2D eigenvalue weighted by atomic mass is 15.1. The van der Waals surface area contributed by atoms with Gasteiger partial charge in [0, 0.05) is 18.2 Å². The molecule has 18 heavy (non-hydrogen) atoms. The summed E-state index contributed by atoms with van der Waals surface area (Å²) < 4.78 is 0. The normalized spacial score (nSPS) is 21.5. The first-order chi connectivity index (χ1) is 8.66. The largest absolute Gasteiger partial charge is 0.384 e. The van der Waals surface area contributed by atoms with Crippen molar-refractivity contribution in [1.82, 2.24) is 4.90 Å². The summed E-state index contributed by atoms with van der Waals surface area (Å²) in [6, 6.07) is 8.75. The zero-order valence-electron chi connectivity index (χ0n) is 11.2. The lowest BCUT2D eigenvalue weighted by molar-refractivity contribution is 0.205. The van der Waals surface area contributed by atoms with Gasteiger partial charge in [-0.2, -0.15) is 0 Å². The minimum absolute atomic E-state index is 0.143. The Bertz CT molecular complexity index is 397. The van der Waals surface area contributed by atoms with Gasteiger partial charge in [-0.1, -0.05) is 37.1 Å². The molecule has 0 spiro atoms. The number of nitrogens with one attached hydrogen (secondary N) is 1. The van der Waals surface area contributed by atoms with Gasteiger partial charge in [-0.25, -0.2) is 0 Å². The van der Waals surface area contributed by atoms with Gasteiger partial charge < -0.3 is 5.73 Å². The van der Waals surface area contributed by atoms with Crippen LogP contribution in [0.25, 0.3) is 0 Å². The Morgan fingerprint density at radius 3 is 2.67 bits per heavy atom. The van der Waals surface area contributed by atoms with E-state index in [1.54, 1.807) is 0 Å². The molecule has 3 N–H and O–H groups in total. The van der Waals surface area contributed by atoms with Crippen LogP contribution in [0, 0.1) is 5.41 Å². The average molecular weight is 245 g/mol. The first kappa shape index (κ1) is 13.1. The fourth-order valence-electron chi connectivity index (χ4n) is 2.59. The topological polar surface area (TPSA) is 53.1 Å². The summed E-state index contributed by atoms with van der Waals surface area (Å²) >= 11 is 0. The Morgan fingerprint density at radius 1 is 1.28 bits per heavy atom. The molecule has 2 rings (SSSR count). The van der Waals surface area contributed by atoms with Crippen LogP contribution in [0.3, 0.4) is 0 Å². The van der Waals surface area contributed by atoms with E-state index < -0.39 is 0 Å². The Labute approximate surface area is 109 Å². The van der Waals surface area contributed by atoms with E-state index in [2.05, 4.69) is 24.0 Å². The number of likely N-dealkylation sites (tertiary alicyclic amines) is 1. The smallest absolute Gasteiger partial charge is 0.122 e. The maximum atomic E-state index is 7.39. The predicted molar refractivity (Wildman–Crippen MR) is 75.8 cm³/mol. The Morgan fingerprint density at radius 2 is 2.00 bits per heavy atom. The van der Waals surface area contributed by atoms with Crippen LogP contribution < -0.4 is 5.73 Å². The van der Waals surface area contributed by atoms with Crippen molar-refractivity contribution in [1.29, 1.82) is 5.41 Å². The summed E-state index contributed by atoms with van der Waals surface area (Å²) in [5.74, 6) is 0.143. The molecule has 0 amide bonds. The first-order valence-electron chi connectivity index (χ1n) is 6.84. The molecule has 1 atom stereocenters. The van der Waals surface area contributed by atoms with E-state index in [0.717, 1.165) is 12.1 Å². The number of rotatable bonds is 3. The van der Waals surface area contributed by atoms with Crippen LogP contribution in [0.2, 0.25) is 0 Å². The number of hydrogen-bond donors (Lipinski definition) is 2. The molecule has 3 nitrogen and oxygen atoms in total. The summed E-state index contributed by atoms with van der Waals surface area (Å²) in [6.45, 7) is 4.55. The van der Waals surface area contributed by atoms with Crippen molar-refractivity contribution in [3.63, 3.8) is 0 Å². The number of nitrogens with zero attached hydrogens (tertiary/aromatic N) is 1. The fraction of sp³-hybridized carbons (Fsp3) is 0.533. The number of benzene rings is 1. The van der Waals surface area contributed by atoms with E-state index in [-0.39, 0.29) is 5.84 Å². The number of nitrogen functional groups attached to an aromatic ring is 1. The summed E-state index contributed by atoms with van der Waals surface area (Å²) in [4.78, 5) is 2.57. The molecule has 1 aromatic rings. The molecule has 1 aliphatic heterocycles. The molecule has 1 fully saturated rings. The van der Waals surface area contributed by atoms with Crippen molar-refractivity contribution < 1.29 is 0 Å². The van der Waals surface area contributed by atoms with Gasteiger partial charge in [0.2, 0.25) is 0 Å². The molecule has 1 saturated heterocycles. The zero-order valence-corrected chi connectivity index (χ0v) is 11.2. The third kappa shape index (κ3) is 3.33. The van der Waals surface area contributed by atoms with Gasteiger partial charge in [0.15, 0.2) is 0 Å².